The fourth-order valence-electron chi connectivity index (χ4n) is 1.07. The molecule has 0 aliphatic heterocycles. The zero-order chi connectivity index (χ0) is 10.6. The molecule has 0 saturated carbocycles. The lowest BCUT2D eigenvalue weighted by atomic mass is 10.2. The molecule has 0 amide bonds. The summed E-state index contributed by atoms with van der Waals surface area (Å²) in [6.07, 6.45) is 2.23. The summed E-state index contributed by atoms with van der Waals surface area (Å²) >= 11 is 1.83. The van der Waals surface area contributed by atoms with E-state index in [9.17, 15) is 0 Å². The van der Waals surface area contributed by atoms with Gasteiger partial charge in [-0.25, -0.2) is 0 Å². The van der Waals surface area contributed by atoms with Crippen LogP contribution in [-0.2, 0) is 0 Å². The van der Waals surface area contributed by atoms with E-state index < -0.39 is 0 Å². The van der Waals surface area contributed by atoms with Gasteiger partial charge >= 0.3 is 0 Å². The number of nitrogens with two attached hydrogens (primary N) is 1. The molecule has 0 atom stereocenters. The van der Waals surface area contributed by atoms with E-state index in [0.29, 0.717) is 0 Å². The molecule has 0 aliphatic rings. The molecule has 1 rings (SSSR count). The van der Waals surface area contributed by atoms with E-state index in [1.165, 1.54) is 16.0 Å². The van der Waals surface area contributed by atoms with Gasteiger partial charge in [-0.05, 0) is 38.5 Å². The average molecular weight is 207 g/mol. The van der Waals surface area contributed by atoms with Crippen LogP contribution in [0.4, 0.5) is 5.69 Å². The van der Waals surface area contributed by atoms with Crippen molar-refractivity contribution in [3.8, 4) is 0 Å². The van der Waals surface area contributed by atoms with Gasteiger partial charge in [0.1, 0.15) is 0 Å². The van der Waals surface area contributed by atoms with Gasteiger partial charge in [0.15, 0.2) is 0 Å². The van der Waals surface area contributed by atoms with Gasteiger partial charge in [-0.3, -0.25) is 0 Å². The van der Waals surface area contributed by atoms with Crippen LogP contribution in [0.2, 0.25) is 0 Å². The Hall–Kier alpha value is -0.890. The van der Waals surface area contributed by atoms with E-state index >= 15 is 0 Å². The van der Waals surface area contributed by atoms with Crippen LogP contribution in [0.5, 0.6) is 0 Å². The summed E-state index contributed by atoms with van der Waals surface area (Å²) in [6, 6.07) is 6.05. The van der Waals surface area contributed by atoms with Crippen LogP contribution in [0.25, 0.3) is 0 Å². The molecule has 0 unspecified atom stereocenters. The van der Waals surface area contributed by atoms with Crippen LogP contribution >= 0.6 is 11.8 Å². The zero-order valence-electron chi connectivity index (χ0n) is 9.00. The van der Waals surface area contributed by atoms with Gasteiger partial charge in [0.2, 0.25) is 0 Å². The van der Waals surface area contributed by atoms with Gasteiger partial charge in [0.25, 0.3) is 0 Å². The minimum absolute atomic E-state index is 0.843. The summed E-state index contributed by atoms with van der Waals surface area (Å²) in [5.41, 5.74) is 9.23. The SMILES string of the molecule is CC(C)=CCSc1cc(N)ccc1C. The Morgan fingerprint density at radius 1 is 1.43 bits per heavy atom. The molecule has 0 spiro atoms. The standard InChI is InChI=1S/C12H17NS/c1-9(2)6-7-14-12-8-11(13)5-4-10(12)3/h4-6,8H,7,13H2,1-3H3. The largest absolute Gasteiger partial charge is 0.399 e. The molecule has 0 heterocycles. The molecule has 76 valence electrons. The first kappa shape index (κ1) is 11.2. The van der Waals surface area contributed by atoms with Crippen LogP contribution in [0.1, 0.15) is 19.4 Å². The average Bonchev–Trinajstić information content (AvgIpc) is 2.10. The van der Waals surface area contributed by atoms with Gasteiger partial charge in [-0.2, -0.15) is 0 Å². The maximum Gasteiger partial charge on any atom is 0.0325 e. The van der Waals surface area contributed by atoms with Crippen molar-refractivity contribution in [3.05, 3.63) is 35.4 Å². The Bertz CT molecular complexity index is 338. The lowest BCUT2D eigenvalue weighted by Gasteiger charge is -2.04. The van der Waals surface area contributed by atoms with Gasteiger partial charge in [-0.1, -0.05) is 17.7 Å². The molecular formula is C12H17NS. The maximum absolute atomic E-state index is 5.73. The van der Waals surface area contributed by atoms with Crippen LogP contribution in [0.15, 0.2) is 34.7 Å². The highest BCUT2D eigenvalue weighted by molar-refractivity contribution is 7.99. The van der Waals surface area contributed by atoms with Gasteiger partial charge in [-0.15, -0.1) is 11.8 Å². The number of rotatable bonds is 3. The quantitative estimate of drug-likeness (QED) is 0.465. The molecule has 0 bridgehead atoms. The highest BCUT2D eigenvalue weighted by Gasteiger charge is 1.98. The third-order valence-corrected chi connectivity index (χ3v) is 3.03. The van der Waals surface area contributed by atoms with Gasteiger partial charge in [0, 0.05) is 16.3 Å². The smallest absolute Gasteiger partial charge is 0.0325 e. The number of anilines is 1. The second-order valence-electron chi connectivity index (χ2n) is 3.62. The summed E-state index contributed by atoms with van der Waals surface area (Å²) in [6.45, 7) is 6.35. The molecule has 2 N–H and O–H groups in total. The van der Waals surface area contributed by atoms with Crippen molar-refractivity contribution >= 4 is 17.4 Å². The van der Waals surface area contributed by atoms with Crippen molar-refractivity contribution in [1.29, 1.82) is 0 Å². The van der Waals surface area contributed by atoms with E-state index in [1.807, 2.05) is 23.9 Å². The van der Waals surface area contributed by atoms with Crippen LogP contribution in [0, 0.1) is 6.92 Å². The van der Waals surface area contributed by atoms with Crippen LogP contribution in [0.3, 0.4) is 0 Å². The predicted molar refractivity (Wildman–Crippen MR) is 65.7 cm³/mol. The van der Waals surface area contributed by atoms with E-state index in [0.717, 1.165) is 11.4 Å². The molecule has 1 aromatic carbocycles. The van der Waals surface area contributed by atoms with Gasteiger partial charge in [0.05, 0.1) is 0 Å². The summed E-state index contributed by atoms with van der Waals surface area (Å²) in [5, 5.41) is 0. The molecular weight excluding hydrogens is 190 g/mol. The first-order valence-electron chi connectivity index (χ1n) is 4.72. The second kappa shape index (κ2) is 5.11. The topological polar surface area (TPSA) is 26.0 Å². The van der Waals surface area contributed by atoms with Crippen LogP contribution < -0.4 is 5.73 Å². The Kier molecular flexibility index (Phi) is 4.08. The Morgan fingerprint density at radius 3 is 2.79 bits per heavy atom. The zero-order valence-corrected chi connectivity index (χ0v) is 9.82. The molecule has 14 heavy (non-hydrogen) atoms. The molecule has 0 fully saturated rings. The van der Waals surface area contributed by atoms with Crippen molar-refractivity contribution in [2.75, 3.05) is 11.5 Å². The first-order valence-corrected chi connectivity index (χ1v) is 5.70. The Balaban J connectivity index is 2.67. The van der Waals surface area contributed by atoms with Crippen LogP contribution in [-0.4, -0.2) is 5.75 Å². The second-order valence-corrected chi connectivity index (χ2v) is 4.68. The summed E-state index contributed by atoms with van der Waals surface area (Å²) in [5.74, 6) is 1.02. The van der Waals surface area contributed by atoms with Crippen molar-refractivity contribution in [3.63, 3.8) is 0 Å². The first-order chi connectivity index (χ1) is 6.59. The highest BCUT2D eigenvalue weighted by atomic mass is 32.2. The third-order valence-electron chi connectivity index (χ3n) is 1.94. The fraction of sp³-hybridized carbons (Fsp3) is 0.333. The molecule has 1 nitrogen and oxygen atoms in total. The minimum Gasteiger partial charge on any atom is -0.399 e. The Morgan fingerprint density at radius 2 is 2.14 bits per heavy atom. The summed E-state index contributed by atoms with van der Waals surface area (Å²) in [7, 11) is 0. The number of nitrogen functional groups attached to an aromatic ring is 1. The molecule has 0 aromatic heterocycles. The maximum atomic E-state index is 5.73. The lowest BCUT2D eigenvalue weighted by molar-refractivity contribution is 1.30. The summed E-state index contributed by atoms with van der Waals surface area (Å²) in [4.78, 5) is 1.28. The van der Waals surface area contributed by atoms with Crippen molar-refractivity contribution in [2.24, 2.45) is 0 Å². The number of allylic oxidation sites excluding steroid dienone is 1. The minimum atomic E-state index is 0.843. The molecule has 0 saturated heterocycles. The predicted octanol–water partition coefficient (Wildman–Crippen LogP) is 3.64. The number of hydrogen-bond donors (Lipinski definition) is 1. The van der Waals surface area contributed by atoms with Crippen molar-refractivity contribution in [1.82, 2.24) is 0 Å². The number of aryl methyl sites for hydroxylation is 1. The lowest BCUT2D eigenvalue weighted by Crippen LogP contribution is -1.87. The van der Waals surface area contributed by atoms with E-state index in [2.05, 4.69) is 32.9 Å². The molecule has 1 aromatic rings. The normalized spacial score (nSPS) is 9.93. The van der Waals surface area contributed by atoms with Crippen molar-refractivity contribution < 1.29 is 0 Å². The van der Waals surface area contributed by atoms with E-state index in [1.54, 1.807) is 0 Å². The number of hydrogen-bond acceptors (Lipinski definition) is 2. The van der Waals surface area contributed by atoms with E-state index in [4.69, 9.17) is 5.73 Å². The summed E-state index contributed by atoms with van der Waals surface area (Å²) < 4.78 is 0. The van der Waals surface area contributed by atoms with Gasteiger partial charge < -0.3 is 5.73 Å². The molecule has 2 heteroatoms. The monoisotopic (exact) mass is 207 g/mol. The Labute approximate surface area is 90.4 Å². The molecule has 0 radical (unpaired) electrons. The third kappa shape index (κ3) is 3.46. The molecule has 0 aliphatic carbocycles. The van der Waals surface area contributed by atoms with E-state index in [-0.39, 0.29) is 0 Å². The van der Waals surface area contributed by atoms with Crippen molar-refractivity contribution in [2.45, 2.75) is 25.7 Å². The fourth-order valence-corrected chi connectivity index (χ4v) is 2.18. The number of benzene rings is 1. The number of thioether (sulfide) groups is 1. The highest BCUT2D eigenvalue weighted by Crippen LogP contribution is 2.24.